The molecule has 3 heteroatoms. The Balaban J connectivity index is 2.23. The fraction of sp³-hybridized carbons (Fsp3) is 1.00. The molecule has 1 nitrogen and oxygen atoms in total. The van der Waals surface area contributed by atoms with Crippen LogP contribution in [0.5, 0.6) is 0 Å². The van der Waals surface area contributed by atoms with E-state index in [-0.39, 0.29) is 5.60 Å². The van der Waals surface area contributed by atoms with E-state index in [9.17, 15) is 5.11 Å². The average Bonchev–Trinajstić information content (AvgIpc) is 1.83. The topological polar surface area (TPSA) is 20.2 Å². The van der Waals surface area contributed by atoms with E-state index in [4.69, 9.17) is 11.8 Å². The molecule has 0 amide bonds. The van der Waals surface area contributed by atoms with Crippen molar-refractivity contribution in [3.63, 3.8) is 0 Å². The summed E-state index contributed by atoms with van der Waals surface area (Å²) in [7, 11) is 0. The minimum Gasteiger partial charge on any atom is -0.389 e. The molecule has 0 spiro atoms. The van der Waals surface area contributed by atoms with Crippen molar-refractivity contribution in [1.82, 2.24) is 0 Å². The van der Waals surface area contributed by atoms with Gasteiger partial charge in [0.25, 0.3) is 0 Å². The largest absolute Gasteiger partial charge is 0.389 e. The first-order valence-corrected chi connectivity index (χ1v) is 7.77. The molecule has 0 saturated carbocycles. The van der Waals surface area contributed by atoms with Crippen molar-refractivity contribution in [1.29, 1.82) is 0 Å². The maximum atomic E-state index is 10.0. The van der Waals surface area contributed by atoms with Crippen molar-refractivity contribution in [3.05, 3.63) is 0 Å². The fourth-order valence-corrected chi connectivity index (χ4v) is 7.38. The molecule has 0 aliphatic carbocycles. The molecule has 0 radical (unpaired) electrons. The normalized spacial score (nSPS) is 50.6. The van der Waals surface area contributed by atoms with Gasteiger partial charge in [-0.3, -0.25) is 0 Å². The number of aliphatic hydroxyl groups is 1. The van der Waals surface area contributed by atoms with Crippen molar-refractivity contribution in [2.24, 2.45) is 0 Å². The standard InChI is InChI=1S/C8H15OPS/c9-8-3-1-5-10(11,7-8)6-2-4-8/h9H,1-7H2. The molecule has 2 aliphatic rings. The fourth-order valence-electron chi connectivity index (χ4n) is 2.48. The number of rotatable bonds is 0. The van der Waals surface area contributed by atoms with Crippen molar-refractivity contribution in [2.75, 3.05) is 18.5 Å². The summed E-state index contributed by atoms with van der Waals surface area (Å²) in [4.78, 5) is 0. The van der Waals surface area contributed by atoms with E-state index in [0.29, 0.717) is 0 Å². The highest BCUT2D eigenvalue weighted by molar-refractivity contribution is 8.14. The van der Waals surface area contributed by atoms with Crippen LogP contribution in [0.3, 0.4) is 0 Å². The summed E-state index contributed by atoms with van der Waals surface area (Å²) in [6.45, 7) is 0. The Kier molecular flexibility index (Phi) is 1.90. The van der Waals surface area contributed by atoms with Crippen LogP contribution in [0.25, 0.3) is 0 Å². The third-order valence-corrected chi connectivity index (χ3v) is 7.91. The van der Waals surface area contributed by atoms with Crippen LogP contribution in [0, 0.1) is 0 Å². The van der Waals surface area contributed by atoms with Crippen molar-refractivity contribution < 1.29 is 5.11 Å². The van der Waals surface area contributed by atoms with Gasteiger partial charge in [0.2, 0.25) is 0 Å². The summed E-state index contributed by atoms with van der Waals surface area (Å²) >= 11 is 5.61. The first-order chi connectivity index (χ1) is 5.12. The Morgan fingerprint density at radius 1 is 1.18 bits per heavy atom. The zero-order valence-electron chi connectivity index (χ0n) is 6.75. The maximum absolute atomic E-state index is 10.0. The molecule has 2 aliphatic heterocycles. The molecule has 2 saturated heterocycles. The summed E-state index contributed by atoms with van der Waals surface area (Å²) in [6, 6.07) is -1.05. The van der Waals surface area contributed by atoms with Crippen LogP contribution < -0.4 is 0 Å². The second-order valence-corrected chi connectivity index (χ2v) is 9.75. The van der Waals surface area contributed by atoms with Crippen LogP contribution in [-0.4, -0.2) is 29.2 Å². The summed E-state index contributed by atoms with van der Waals surface area (Å²) in [6.07, 6.45) is 7.95. The van der Waals surface area contributed by atoms with Crippen LogP contribution in [0.1, 0.15) is 25.7 Å². The van der Waals surface area contributed by atoms with Gasteiger partial charge < -0.3 is 5.11 Å². The highest BCUT2D eigenvalue weighted by Crippen LogP contribution is 2.58. The van der Waals surface area contributed by atoms with E-state index in [1.165, 1.54) is 25.2 Å². The van der Waals surface area contributed by atoms with Crippen LogP contribution in [0.4, 0.5) is 0 Å². The third-order valence-electron chi connectivity index (χ3n) is 3.00. The lowest BCUT2D eigenvalue weighted by Crippen LogP contribution is -2.40. The van der Waals surface area contributed by atoms with E-state index >= 15 is 0 Å². The first-order valence-electron chi connectivity index (χ1n) is 4.42. The van der Waals surface area contributed by atoms with Crippen LogP contribution in [0.2, 0.25) is 0 Å². The Labute approximate surface area is 73.2 Å². The molecular formula is C8H15OPS. The summed E-state index contributed by atoms with van der Waals surface area (Å²) in [5.74, 6) is 0. The highest BCUT2D eigenvalue weighted by Gasteiger charge is 2.40. The molecule has 0 aromatic rings. The van der Waals surface area contributed by atoms with Crippen molar-refractivity contribution >= 4 is 17.8 Å². The molecule has 1 N–H and O–H groups in total. The van der Waals surface area contributed by atoms with Gasteiger partial charge in [-0.1, -0.05) is 11.8 Å². The van der Waals surface area contributed by atoms with E-state index in [1.807, 2.05) is 0 Å². The van der Waals surface area contributed by atoms with E-state index < -0.39 is 6.04 Å². The smallest absolute Gasteiger partial charge is 0.0694 e. The van der Waals surface area contributed by atoms with Gasteiger partial charge in [-0.25, -0.2) is 0 Å². The second kappa shape index (κ2) is 2.55. The van der Waals surface area contributed by atoms with Gasteiger partial charge in [0.15, 0.2) is 0 Å². The number of fused-ring (bicyclic) bond motifs is 2. The van der Waals surface area contributed by atoms with Crippen molar-refractivity contribution in [3.8, 4) is 0 Å². The van der Waals surface area contributed by atoms with Crippen molar-refractivity contribution in [2.45, 2.75) is 31.3 Å². The maximum Gasteiger partial charge on any atom is 0.0694 e. The molecule has 0 aromatic heterocycles. The van der Waals surface area contributed by atoms with Gasteiger partial charge in [-0.15, -0.1) is 0 Å². The minimum absolute atomic E-state index is 0.313. The first kappa shape index (κ1) is 8.22. The van der Waals surface area contributed by atoms with Crippen LogP contribution in [-0.2, 0) is 11.8 Å². The lowest BCUT2D eigenvalue weighted by Gasteiger charge is -2.43. The van der Waals surface area contributed by atoms with Gasteiger partial charge in [-0.05, 0) is 44.0 Å². The zero-order chi connectivity index (χ0) is 7.95. The van der Waals surface area contributed by atoms with Crippen LogP contribution in [0.15, 0.2) is 0 Å². The third kappa shape index (κ3) is 1.54. The van der Waals surface area contributed by atoms with Crippen LogP contribution >= 0.6 is 6.04 Å². The van der Waals surface area contributed by atoms with E-state index in [1.54, 1.807) is 0 Å². The molecule has 2 rings (SSSR count). The number of hydrogen-bond acceptors (Lipinski definition) is 2. The second-order valence-electron chi connectivity index (χ2n) is 4.09. The summed E-state index contributed by atoms with van der Waals surface area (Å²) in [5, 5.41) is 10.0. The lowest BCUT2D eigenvalue weighted by atomic mass is 9.94. The van der Waals surface area contributed by atoms with Gasteiger partial charge in [0.05, 0.1) is 5.60 Å². The minimum atomic E-state index is -1.05. The van der Waals surface area contributed by atoms with E-state index in [2.05, 4.69) is 0 Å². The molecule has 64 valence electrons. The molecule has 0 aromatic carbocycles. The Morgan fingerprint density at radius 2 is 1.73 bits per heavy atom. The highest BCUT2D eigenvalue weighted by atomic mass is 32.4. The molecule has 11 heavy (non-hydrogen) atoms. The summed E-state index contributed by atoms with van der Waals surface area (Å²) < 4.78 is 0. The van der Waals surface area contributed by atoms with Gasteiger partial charge in [-0.2, -0.15) is 0 Å². The molecular weight excluding hydrogens is 175 g/mol. The monoisotopic (exact) mass is 190 g/mol. The number of hydrogen-bond donors (Lipinski definition) is 1. The predicted octanol–water partition coefficient (Wildman–Crippen LogP) is 1.78. The molecule has 0 atom stereocenters. The van der Waals surface area contributed by atoms with Gasteiger partial charge >= 0.3 is 0 Å². The average molecular weight is 190 g/mol. The Bertz CT molecular complexity index is 200. The summed E-state index contributed by atoms with van der Waals surface area (Å²) in [5.41, 5.74) is -0.313. The molecule has 2 bridgehead atoms. The molecule has 0 unspecified atom stereocenters. The Morgan fingerprint density at radius 3 is 2.09 bits per heavy atom. The zero-order valence-corrected chi connectivity index (χ0v) is 8.46. The predicted molar refractivity (Wildman–Crippen MR) is 52.3 cm³/mol. The van der Waals surface area contributed by atoms with Gasteiger partial charge in [0.1, 0.15) is 0 Å². The lowest BCUT2D eigenvalue weighted by molar-refractivity contribution is 0.0372. The molecule has 2 fully saturated rings. The van der Waals surface area contributed by atoms with E-state index in [0.717, 1.165) is 19.0 Å². The molecule has 2 heterocycles. The quantitative estimate of drug-likeness (QED) is 0.588. The Hall–Kier alpha value is 0.610. The van der Waals surface area contributed by atoms with Gasteiger partial charge in [0, 0.05) is 6.16 Å². The SMILES string of the molecule is OC12CCCP(=S)(CCC1)C2.